The lowest BCUT2D eigenvalue weighted by atomic mass is 9.95. The van der Waals surface area contributed by atoms with E-state index in [1.165, 1.54) is 14.2 Å². The number of non-ortho nitro benzene ring substituents is 1. The Hall–Kier alpha value is -5.08. The monoisotopic (exact) mass is 621 g/mol. The molecule has 1 unspecified atom stereocenters. The minimum atomic E-state index is -4.19. The van der Waals surface area contributed by atoms with Gasteiger partial charge in [0.1, 0.15) is 9.97 Å². The summed E-state index contributed by atoms with van der Waals surface area (Å²) in [7, 11) is -1.32. The molecule has 2 heterocycles. The number of Topliss-reactive ketones (excluding diaryl/α,β-unsaturated/α-hetero) is 1. The quantitative estimate of drug-likeness (QED) is 0.0946. The molecule has 0 saturated carbocycles. The summed E-state index contributed by atoms with van der Waals surface area (Å²) in [6.07, 6.45) is 1.04. The van der Waals surface area contributed by atoms with Crippen LogP contribution >= 0.6 is 11.3 Å². The number of thiazole rings is 1. The van der Waals surface area contributed by atoms with Gasteiger partial charge in [0.2, 0.25) is 9.84 Å². The van der Waals surface area contributed by atoms with E-state index in [0.717, 1.165) is 40.9 Å². The molecule has 1 fully saturated rings. The van der Waals surface area contributed by atoms with Gasteiger partial charge in [0.05, 0.1) is 41.9 Å². The van der Waals surface area contributed by atoms with E-state index in [2.05, 4.69) is 4.98 Å². The summed E-state index contributed by atoms with van der Waals surface area (Å²) in [5, 5.41) is 22.2. The summed E-state index contributed by atoms with van der Waals surface area (Å²) in [5.74, 6) is -1.76. The van der Waals surface area contributed by atoms with Gasteiger partial charge in [0, 0.05) is 17.7 Å². The molecule has 3 aromatic carbocycles. The van der Waals surface area contributed by atoms with Crippen molar-refractivity contribution in [2.45, 2.75) is 22.1 Å². The summed E-state index contributed by atoms with van der Waals surface area (Å²) in [4.78, 5) is 42.3. The fraction of sp³-hybridized carbons (Fsp3) is 0.138. The highest BCUT2D eigenvalue weighted by Gasteiger charge is 2.48. The van der Waals surface area contributed by atoms with Gasteiger partial charge >= 0.3 is 5.91 Å². The lowest BCUT2D eigenvalue weighted by Crippen LogP contribution is -2.29. The molecule has 12 nitrogen and oxygen atoms in total. The first-order valence-electron chi connectivity index (χ1n) is 12.5. The summed E-state index contributed by atoms with van der Waals surface area (Å²) < 4.78 is 37.1. The van der Waals surface area contributed by atoms with E-state index in [1.54, 1.807) is 42.5 Å². The number of ketones is 1. The second-order valence-electron chi connectivity index (χ2n) is 9.37. The minimum Gasteiger partial charge on any atom is -0.507 e. The van der Waals surface area contributed by atoms with Gasteiger partial charge < -0.3 is 14.6 Å². The van der Waals surface area contributed by atoms with E-state index in [0.29, 0.717) is 34.0 Å². The average Bonchev–Trinajstić information content (AvgIpc) is 3.60. The van der Waals surface area contributed by atoms with Gasteiger partial charge in [-0.25, -0.2) is 13.4 Å². The third-order valence-electron chi connectivity index (χ3n) is 6.79. The highest BCUT2D eigenvalue weighted by molar-refractivity contribution is 7.93. The van der Waals surface area contributed by atoms with Crippen molar-refractivity contribution in [2.75, 3.05) is 19.1 Å². The first-order chi connectivity index (χ1) is 20.5. The number of anilines is 1. The molecule has 43 heavy (non-hydrogen) atoms. The number of aryl methyl sites for hydroxylation is 1. The van der Waals surface area contributed by atoms with Crippen molar-refractivity contribution in [3.8, 4) is 11.5 Å². The molecular formula is C29H23N3O9S2. The molecule has 1 aliphatic heterocycles. The van der Waals surface area contributed by atoms with Crippen molar-refractivity contribution in [1.29, 1.82) is 0 Å². The van der Waals surface area contributed by atoms with Crippen LogP contribution in [0.4, 0.5) is 10.8 Å². The van der Waals surface area contributed by atoms with Gasteiger partial charge in [0.15, 0.2) is 16.6 Å². The molecule has 0 bridgehead atoms. The zero-order chi connectivity index (χ0) is 31.1. The Morgan fingerprint density at radius 1 is 1.00 bits per heavy atom. The lowest BCUT2D eigenvalue weighted by molar-refractivity contribution is -0.384. The van der Waals surface area contributed by atoms with Crippen LogP contribution in [-0.4, -0.2) is 49.3 Å². The van der Waals surface area contributed by atoms with Gasteiger partial charge in [0.25, 0.3) is 11.5 Å². The molecule has 1 atom stereocenters. The standard InChI is InChI=1S/C29H23N3O9S2/c1-16-4-6-17(7-5-16)26(33)24-25(18-8-13-21(40-2)22(14-18)41-3)31(28(35)27(24)34)29-30-15-23(42-29)43(38,39)20-11-9-19(10-12-20)32(36)37/h4-15,25,33H,1-3H3/b26-24+. The minimum absolute atomic E-state index is 0.120. The summed E-state index contributed by atoms with van der Waals surface area (Å²) >= 11 is 0.636. The van der Waals surface area contributed by atoms with Gasteiger partial charge in [-0.15, -0.1) is 0 Å². The Bertz CT molecular complexity index is 1900. The van der Waals surface area contributed by atoms with E-state index < -0.39 is 38.3 Å². The number of carbonyl (C=O) groups is 2. The van der Waals surface area contributed by atoms with Crippen LogP contribution in [0.15, 0.2) is 87.6 Å². The number of nitro benzene ring substituents is 1. The number of amides is 1. The number of hydrogen-bond acceptors (Lipinski definition) is 11. The van der Waals surface area contributed by atoms with Gasteiger partial charge in [-0.05, 0) is 36.8 Å². The predicted octanol–water partition coefficient (Wildman–Crippen LogP) is 4.84. The maximum Gasteiger partial charge on any atom is 0.301 e. The second kappa shape index (κ2) is 11.3. The number of rotatable bonds is 8. The normalized spacial score (nSPS) is 16.3. The molecule has 0 aliphatic carbocycles. The molecule has 1 amide bonds. The van der Waals surface area contributed by atoms with E-state index in [9.17, 15) is 33.2 Å². The third kappa shape index (κ3) is 5.21. The van der Waals surface area contributed by atoms with E-state index in [4.69, 9.17) is 9.47 Å². The maximum atomic E-state index is 13.5. The van der Waals surface area contributed by atoms with Gasteiger partial charge in [-0.1, -0.05) is 47.2 Å². The molecule has 1 N–H and O–H groups in total. The van der Waals surface area contributed by atoms with Crippen LogP contribution in [0.3, 0.4) is 0 Å². The van der Waals surface area contributed by atoms with Crippen molar-refractivity contribution in [3.63, 3.8) is 0 Å². The van der Waals surface area contributed by atoms with E-state index in [1.807, 2.05) is 6.92 Å². The molecule has 14 heteroatoms. The third-order valence-corrected chi connectivity index (χ3v) is 10.0. The number of aromatic nitrogens is 1. The molecule has 0 spiro atoms. The Morgan fingerprint density at radius 2 is 1.65 bits per heavy atom. The first-order valence-corrected chi connectivity index (χ1v) is 14.8. The second-order valence-corrected chi connectivity index (χ2v) is 12.6. The first kappa shape index (κ1) is 29.4. The molecule has 5 rings (SSSR count). The fourth-order valence-electron chi connectivity index (χ4n) is 4.58. The number of sulfone groups is 1. The van der Waals surface area contributed by atoms with Crippen molar-refractivity contribution < 1.29 is 37.5 Å². The number of nitro groups is 1. The van der Waals surface area contributed by atoms with E-state index >= 15 is 0 Å². The molecule has 0 radical (unpaired) electrons. The summed E-state index contributed by atoms with van der Waals surface area (Å²) in [6, 6.07) is 14.6. The van der Waals surface area contributed by atoms with E-state index in [-0.39, 0.29) is 25.5 Å². The number of aliphatic hydroxyl groups is 1. The van der Waals surface area contributed by atoms with Gasteiger partial charge in [-0.3, -0.25) is 24.6 Å². The number of aliphatic hydroxyl groups excluding tert-OH is 1. The lowest BCUT2D eigenvalue weighted by Gasteiger charge is -2.23. The van der Waals surface area contributed by atoms with Crippen molar-refractivity contribution >= 4 is 49.4 Å². The van der Waals surface area contributed by atoms with Crippen LogP contribution in [0.25, 0.3) is 5.76 Å². The number of benzene rings is 3. The molecular weight excluding hydrogens is 598 g/mol. The Kier molecular flexibility index (Phi) is 7.73. The zero-order valence-corrected chi connectivity index (χ0v) is 24.5. The molecule has 4 aromatic rings. The van der Waals surface area contributed by atoms with Crippen LogP contribution in [0, 0.1) is 17.0 Å². The number of ether oxygens (including phenoxy) is 2. The SMILES string of the molecule is COc1ccc(C2/C(=C(\O)c3ccc(C)cc3)C(=O)C(=O)N2c2ncc(S(=O)(=O)c3ccc([N+](=O)[O-])cc3)s2)cc1OC. The van der Waals surface area contributed by atoms with Crippen LogP contribution < -0.4 is 14.4 Å². The Balaban J connectivity index is 1.65. The largest absolute Gasteiger partial charge is 0.507 e. The molecule has 220 valence electrons. The highest BCUT2D eigenvalue weighted by atomic mass is 32.2. The summed E-state index contributed by atoms with van der Waals surface area (Å²) in [6.45, 7) is 1.86. The number of nitrogens with zero attached hydrogens (tertiary/aromatic N) is 3. The highest BCUT2D eigenvalue weighted by Crippen LogP contribution is 2.45. The van der Waals surface area contributed by atoms with Crippen LogP contribution in [-0.2, 0) is 19.4 Å². The number of hydrogen-bond donors (Lipinski definition) is 1. The topological polar surface area (TPSA) is 166 Å². The molecule has 1 aliphatic rings. The number of methoxy groups -OCH3 is 2. The van der Waals surface area contributed by atoms with Gasteiger partial charge in [-0.2, -0.15) is 0 Å². The Morgan fingerprint density at radius 3 is 2.26 bits per heavy atom. The summed E-state index contributed by atoms with van der Waals surface area (Å²) in [5.41, 5.74) is 1.07. The van der Waals surface area contributed by atoms with Crippen molar-refractivity contribution in [1.82, 2.24) is 4.98 Å². The van der Waals surface area contributed by atoms with Crippen LogP contribution in [0.2, 0.25) is 0 Å². The fourth-order valence-corrected chi connectivity index (χ4v) is 7.13. The maximum absolute atomic E-state index is 13.5. The molecule has 1 aromatic heterocycles. The van der Waals surface area contributed by atoms with Crippen molar-refractivity contribution in [2.24, 2.45) is 0 Å². The smallest absolute Gasteiger partial charge is 0.301 e. The molecule has 1 saturated heterocycles. The zero-order valence-electron chi connectivity index (χ0n) is 22.9. The van der Waals surface area contributed by atoms with Crippen molar-refractivity contribution in [3.05, 3.63) is 105 Å². The van der Waals surface area contributed by atoms with Crippen LogP contribution in [0.5, 0.6) is 11.5 Å². The Labute approximate surface area is 249 Å². The predicted molar refractivity (Wildman–Crippen MR) is 156 cm³/mol. The average molecular weight is 622 g/mol. The number of carbonyl (C=O) groups excluding carboxylic acids is 2. The van der Waals surface area contributed by atoms with Crippen LogP contribution in [0.1, 0.15) is 22.7 Å².